The molecule has 6 nitrogen and oxygen atoms in total. The summed E-state index contributed by atoms with van der Waals surface area (Å²) >= 11 is 6.66. The van der Waals surface area contributed by atoms with Crippen LogP contribution in [0, 0.1) is 11.8 Å². The van der Waals surface area contributed by atoms with Gasteiger partial charge in [-0.3, -0.25) is 14.4 Å². The number of rotatable bonds is 8. The first-order valence-corrected chi connectivity index (χ1v) is 13.0. The number of carbonyl (C=O) groups is 2. The van der Waals surface area contributed by atoms with E-state index in [0.29, 0.717) is 29.7 Å². The summed E-state index contributed by atoms with van der Waals surface area (Å²) in [5, 5.41) is 9.59. The van der Waals surface area contributed by atoms with E-state index in [1.807, 2.05) is 30.3 Å². The summed E-state index contributed by atoms with van der Waals surface area (Å²) in [5.41, 5.74) is 4.54. The van der Waals surface area contributed by atoms with E-state index in [2.05, 4.69) is 11.1 Å². The number of H-pyrrole nitrogens is 1. The summed E-state index contributed by atoms with van der Waals surface area (Å²) in [6.45, 7) is 0.571. The van der Waals surface area contributed by atoms with Gasteiger partial charge in [0.05, 0.1) is 5.92 Å². The monoisotopic (exact) mass is 494 g/mol. The molecule has 0 atom stereocenters. The number of benzene rings is 1. The molecule has 0 unspecified atom stereocenters. The highest BCUT2D eigenvalue weighted by atomic mass is 35.5. The minimum absolute atomic E-state index is 0.000294. The summed E-state index contributed by atoms with van der Waals surface area (Å²) in [5.74, 6) is -0.455. The molecule has 0 bridgehead atoms. The summed E-state index contributed by atoms with van der Waals surface area (Å²) in [4.78, 5) is 40.8. The molecule has 1 aliphatic heterocycles. The minimum Gasteiger partial charge on any atom is -0.481 e. The van der Waals surface area contributed by atoms with Gasteiger partial charge in [0.1, 0.15) is 0 Å². The maximum Gasteiger partial charge on any atom is 0.310 e. The van der Waals surface area contributed by atoms with Gasteiger partial charge >= 0.3 is 5.97 Å². The molecule has 2 heterocycles. The zero-order valence-corrected chi connectivity index (χ0v) is 20.5. The maximum absolute atomic E-state index is 12.7. The van der Waals surface area contributed by atoms with Crippen molar-refractivity contribution in [2.45, 2.75) is 57.3 Å². The maximum atomic E-state index is 12.7. The van der Waals surface area contributed by atoms with Crippen LogP contribution in [-0.4, -0.2) is 40.0 Å². The van der Waals surface area contributed by atoms with Gasteiger partial charge in [0.15, 0.2) is 0 Å². The van der Waals surface area contributed by atoms with Crippen LogP contribution in [0.25, 0.3) is 5.57 Å². The molecular formula is C28H31ClN2O4. The third kappa shape index (κ3) is 5.37. The van der Waals surface area contributed by atoms with Crippen LogP contribution in [0.3, 0.4) is 0 Å². The Hall–Kier alpha value is -2.86. The molecule has 0 radical (unpaired) electrons. The van der Waals surface area contributed by atoms with Gasteiger partial charge < -0.3 is 15.0 Å². The number of carbonyl (C=O) groups excluding carboxylic acids is 1. The molecule has 2 saturated carbocycles. The van der Waals surface area contributed by atoms with E-state index < -0.39 is 11.9 Å². The Morgan fingerprint density at radius 3 is 2.46 bits per heavy atom. The lowest BCUT2D eigenvalue weighted by Crippen LogP contribution is -2.53. The number of pyridine rings is 1. The number of carboxylic acids is 1. The van der Waals surface area contributed by atoms with Crippen LogP contribution in [-0.2, 0) is 16.0 Å². The molecule has 1 aromatic carbocycles. The number of aryl methyl sites for hydroxylation is 1. The second-order valence-corrected chi connectivity index (χ2v) is 10.6. The van der Waals surface area contributed by atoms with E-state index in [1.54, 1.807) is 4.90 Å². The van der Waals surface area contributed by atoms with Gasteiger partial charge in [-0.15, -0.1) is 0 Å². The summed E-state index contributed by atoms with van der Waals surface area (Å²) in [6, 6.07) is 9.90. The van der Waals surface area contributed by atoms with Crippen molar-refractivity contribution in [1.29, 1.82) is 0 Å². The van der Waals surface area contributed by atoms with Crippen molar-refractivity contribution in [3.05, 3.63) is 74.2 Å². The van der Waals surface area contributed by atoms with Gasteiger partial charge in [-0.2, -0.15) is 0 Å². The number of aromatic amines is 1. The number of halogens is 1. The lowest BCUT2D eigenvalue weighted by atomic mass is 9.94. The molecule has 1 amide bonds. The van der Waals surface area contributed by atoms with Crippen LogP contribution >= 0.6 is 11.6 Å². The van der Waals surface area contributed by atoms with Gasteiger partial charge in [-0.25, -0.2) is 0 Å². The van der Waals surface area contributed by atoms with E-state index in [9.17, 15) is 14.4 Å². The quantitative estimate of drug-likeness (QED) is 0.540. The van der Waals surface area contributed by atoms with Crippen molar-refractivity contribution in [2.75, 3.05) is 13.1 Å². The van der Waals surface area contributed by atoms with Crippen molar-refractivity contribution in [1.82, 2.24) is 9.88 Å². The number of hydrogen-bond donors (Lipinski definition) is 2. The number of aromatic nitrogens is 1. The van der Waals surface area contributed by atoms with Crippen molar-refractivity contribution in [3.63, 3.8) is 0 Å². The Labute approximate surface area is 210 Å². The third-order valence-corrected chi connectivity index (χ3v) is 7.96. The first kappa shape index (κ1) is 23.9. The van der Waals surface area contributed by atoms with Gasteiger partial charge in [0, 0.05) is 41.4 Å². The number of nitrogens with zero attached hydrogens (tertiary/aromatic N) is 1. The van der Waals surface area contributed by atoms with Gasteiger partial charge in [0.25, 0.3) is 5.56 Å². The zero-order valence-electron chi connectivity index (χ0n) is 19.8. The first-order chi connectivity index (χ1) is 16.9. The lowest BCUT2D eigenvalue weighted by Gasteiger charge is -2.36. The summed E-state index contributed by atoms with van der Waals surface area (Å²) in [6.07, 6.45) is 10.0. The fraction of sp³-hybridized carbons (Fsp3) is 0.464. The number of hydrogen-bond acceptors (Lipinski definition) is 3. The smallest absolute Gasteiger partial charge is 0.310 e. The fourth-order valence-electron chi connectivity index (χ4n) is 5.21. The number of aliphatic carboxylic acids is 1. The largest absolute Gasteiger partial charge is 0.481 e. The number of allylic oxidation sites excluding steroid dienone is 1. The first-order valence-electron chi connectivity index (χ1n) is 12.6. The predicted octanol–water partition coefficient (Wildman–Crippen LogP) is 5.00. The highest BCUT2D eigenvalue weighted by Gasteiger charge is 2.35. The van der Waals surface area contributed by atoms with Crippen LogP contribution in [0.15, 0.2) is 41.2 Å². The molecule has 7 heteroatoms. The van der Waals surface area contributed by atoms with E-state index in [4.69, 9.17) is 16.7 Å². The molecule has 3 fully saturated rings. The Morgan fingerprint density at radius 1 is 1.09 bits per heavy atom. The van der Waals surface area contributed by atoms with Crippen molar-refractivity contribution in [3.8, 4) is 0 Å². The average molecular weight is 495 g/mol. The highest BCUT2D eigenvalue weighted by Crippen LogP contribution is 2.39. The minimum atomic E-state index is -0.849. The molecule has 3 aliphatic rings. The molecule has 2 aliphatic carbocycles. The van der Waals surface area contributed by atoms with E-state index >= 15 is 0 Å². The summed E-state index contributed by atoms with van der Waals surface area (Å²) in [7, 11) is 0. The topological polar surface area (TPSA) is 90.5 Å². The van der Waals surface area contributed by atoms with Crippen molar-refractivity contribution >= 4 is 29.1 Å². The predicted molar refractivity (Wildman–Crippen MR) is 136 cm³/mol. The van der Waals surface area contributed by atoms with Crippen molar-refractivity contribution in [2.24, 2.45) is 11.8 Å². The van der Waals surface area contributed by atoms with E-state index in [-0.39, 0.29) is 24.6 Å². The highest BCUT2D eigenvalue weighted by molar-refractivity contribution is 6.31. The van der Waals surface area contributed by atoms with Crippen LogP contribution in [0.2, 0.25) is 5.02 Å². The molecule has 1 saturated heterocycles. The van der Waals surface area contributed by atoms with Crippen LogP contribution in [0.4, 0.5) is 0 Å². The molecule has 5 rings (SSSR count). The molecule has 0 spiro atoms. The van der Waals surface area contributed by atoms with E-state index in [0.717, 1.165) is 53.6 Å². The Morgan fingerprint density at radius 2 is 1.83 bits per heavy atom. The molecule has 35 heavy (non-hydrogen) atoms. The normalized spacial score (nSPS) is 19.1. The number of nitrogens with one attached hydrogen (secondary N) is 1. The van der Waals surface area contributed by atoms with Gasteiger partial charge in [0.2, 0.25) is 5.91 Å². The number of carboxylic acid groups (broad SMARTS) is 1. The Balaban J connectivity index is 1.33. The number of likely N-dealkylation sites (tertiary alicyclic amines) is 1. The molecule has 1 aromatic heterocycles. The van der Waals surface area contributed by atoms with Crippen molar-refractivity contribution < 1.29 is 14.7 Å². The Bertz CT molecular complexity index is 1220. The lowest BCUT2D eigenvalue weighted by molar-refractivity contribution is -0.152. The Kier molecular flexibility index (Phi) is 6.83. The van der Waals surface area contributed by atoms with E-state index in [1.165, 1.54) is 12.8 Å². The second-order valence-electron chi connectivity index (χ2n) is 10.2. The van der Waals surface area contributed by atoms with Crippen LogP contribution in [0.1, 0.15) is 73.2 Å². The second kappa shape index (κ2) is 10.0. The SMILES string of the molecule is O=C(O)C1CN(C(=O)CCc2ccc(/C(=C\C3CCCC3)c3ccc(C4CC4)c(=O)[nH]3)cc2Cl)C1. The zero-order chi connectivity index (χ0) is 24.5. The molecular weight excluding hydrogens is 464 g/mol. The standard InChI is InChI=1S/C28H31ClN2O4/c29-24-14-20(8-7-19(24)9-12-26(32)31-15-21(16-31)28(34)35)23(13-17-3-1-2-4-17)25-11-10-22(18-5-6-18)27(33)30-25/h7-8,10-11,13-14,17-18,21H,1-6,9,12,15-16H2,(H,30,33)(H,34,35)/b23-13+. The van der Waals surface area contributed by atoms with Crippen LogP contribution in [0.5, 0.6) is 0 Å². The molecule has 2 aromatic rings. The van der Waals surface area contributed by atoms with Gasteiger partial charge in [-0.1, -0.05) is 48.7 Å². The molecule has 2 N–H and O–H groups in total. The average Bonchev–Trinajstić information content (AvgIpc) is 3.50. The fourth-order valence-corrected chi connectivity index (χ4v) is 5.49. The number of amides is 1. The summed E-state index contributed by atoms with van der Waals surface area (Å²) < 4.78 is 0. The van der Waals surface area contributed by atoms with Crippen LogP contribution < -0.4 is 5.56 Å². The molecule has 184 valence electrons. The third-order valence-electron chi connectivity index (χ3n) is 7.61. The van der Waals surface area contributed by atoms with Gasteiger partial charge in [-0.05, 0) is 67.2 Å².